The molecule has 1 N–H and O–H groups in total. The summed E-state index contributed by atoms with van der Waals surface area (Å²) < 4.78 is 40.5. The second kappa shape index (κ2) is 5.90. The van der Waals surface area contributed by atoms with Gasteiger partial charge in [0, 0.05) is 17.8 Å². The van der Waals surface area contributed by atoms with Crippen LogP contribution in [0.2, 0.25) is 0 Å². The summed E-state index contributed by atoms with van der Waals surface area (Å²) in [6.07, 6.45) is -4.50. The first-order valence-electron chi connectivity index (χ1n) is 7.02. The van der Waals surface area contributed by atoms with Crippen molar-refractivity contribution in [2.75, 3.05) is 12.4 Å². The lowest BCUT2D eigenvalue weighted by Gasteiger charge is -2.18. The van der Waals surface area contributed by atoms with Gasteiger partial charge in [0.05, 0.1) is 28.3 Å². The van der Waals surface area contributed by atoms with Gasteiger partial charge in [-0.05, 0) is 25.1 Å². The normalized spacial score (nSPS) is 13.2. The number of halogens is 3. The van der Waals surface area contributed by atoms with Crippen LogP contribution in [0.25, 0.3) is 10.9 Å². The fourth-order valence-corrected chi connectivity index (χ4v) is 3.19. The molecule has 5 nitrogen and oxygen atoms in total. The number of fused-ring (bicyclic) bond motifs is 1. The molecule has 2 aromatic heterocycles. The van der Waals surface area contributed by atoms with Gasteiger partial charge in [-0.2, -0.15) is 18.2 Å². The summed E-state index contributed by atoms with van der Waals surface area (Å²) in [6.45, 7) is 1.71. The highest BCUT2D eigenvalue weighted by Gasteiger charge is 2.31. The Labute approximate surface area is 138 Å². The van der Waals surface area contributed by atoms with E-state index < -0.39 is 23.5 Å². The molecule has 0 saturated carbocycles. The molecule has 1 unspecified atom stereocenters. The molecular weight excluding hydrogens is 341 g/mol. The van der Waals surface area contributed by atoms with E-state index >= 15 is 0 Å². The maximum Gasteiger partial charge on any atom is 0.416 e. The monoisotopic (exact) mass is 354 g/mol. The van der Waals surface area contributed by atoms with E-state index in [1.807, 2.05) is 0 Å². The fourth-order valence-electron chi connectivity index (χ4n) is 2.55. The quantitative estimate of drug-likeness (QED) is 0.782. The minimum Gasteiger partial charge on any atom is -0.372 e. The molecule has 126 valence electrons. The van der Waals surface area contributed by atoms with E-state index in [0.717, 1.165) is 12.1 Å². The Kier molecular flexibility index (Phi) is 4.04. The van der Waals surface area contributed by atoms with Gasteiger partial charge in [-0.1, -0.05) is 0 Å². The molecule has 0 amide bonds. The van der Waals surface area contributed by atoms with Crippen molar-refractivity contribution in [2.45, 2.75) is 19.1 Å². The number of nitrogens with zero attached hydrogens (tertiary/aromatic N) is 3. The Morgan fingerprint density at radius 2 is 2.08 bits per heavy atom. The van der Waals surface area contributed by atoms with Crippen molar-refractivity contribution in [3.8, 4) is 0 Å². The van der Waals surface area contributed by atoms with Crippen LogP contribution in [-0.2, 0) is 6.18 Å². The standard InChI is InChI=1S/C15H13F3N4OS/c1-8(11-6-24-7-20-11)22-12-5-9(15(16,17)18)3-4-10(12)13(19-2)21-14(22)23/h3-8H,1-2H3,(H,19,21,23). The first-order chi connectivity index (χ1) is 11.3. The van der Waals surface area contributed by atoms with Gasteiger partial charge < -0.3 is 5.32 Å². The molecule has 0 aliphatic heterocycles. The number of nitrogens with one attached hydrogen (secondary N) is 1. The summed E-state index contributed by atoms with van der Waals surface area (Å²) in [7, 11) is 1.56. The molecule has 0 saturated heterocycles. The highest BCUT2D eigenvalue weighted by atomic mass is 32.1. The van der Waals surface area contributed by atoms with Crippen molar-refractivity contribution < 1.29 is 13.2 Å². The van der Waals surface area contributed by atoms with Crippen LogP contribution in [0.1, 0.15) is 24.2 Å². The van der Waals surface area contributed by atoms with Gasteiger partial charge in [-0.3, -0.25) is 4.57 Å². The smallest absolute Gasteiger partial charge is 0.372 e. The van der Waals surface area contributed by atoms with Gasteiger partial charge in [-0.25, -0.2) is 9.78 Å². The Morgan fingerprint density at radius 1 is 1.33 bits per heavy atom. The molecule has 0 aliphatic rings. The van der Waals surface area contributed by atoms with Crippen molar-refractivity contribution in [1.82, 2.24) is 14.5 Å². The Bertz CT molecular complexity index is 934. The highest BCUT2D eigenvalue weighted by Crippen LogP contribution is 2.33. The van der Waals surface area contributed by atoms with Gasteiger partial charge in [0.25, 0.3) is 0 Å². The molecule has 0 bridgehead atoms. The zero-order valence-corrected chi connectivity index (χ0v) is 13.6. The average molecular weight is 354 g/mol. The Morgan fingerprint density at radius 3 is 2.67 bits per heavy atom. The van der Waals surface area contributed by atoms with Crippen molar-refractivity contribution in [2.24, 2.45) is 0 Å². The molecule has 3 aromatic rings. The number of hydrogen-bond acceptors (Lipinski definition) is 5. The molecule has 0 aliphatic carbocycles. The zero-order chi connectivity index (χ0) is 17.5. The third-order valence-corrected chi connectivity index (χ3v) is 4.36. The largest absolute Gasteiger partial charge is 0.416 e. The van der Waals surface area contributed by atoms with E-state index in [1.165, 1.54) is 22.0 Å². The molecule has 9 heteroatoms. The summed E-state index contributed by atoms with van der Waals surface area (Å²) in [4.78, 5) is 20.5. The van der Waals surface area contributed by atoms with Crippen LogP contribution in [0.15, 0.2) is 33.9 Å². The SMILES string of the molecule is CNc1nc(=O)n(C(C)c2cscn2)c2cc(C(F)(F)F)ccc12. The second-order valence-electron chi connectivity index (χ2n) is 5.18. The van der Waals surface area contributed by atoms with Gasteiger partial charge in [-0.15, -0.1) is 11.3 Å². The lowest BCUT2D eigenvalue weighted by Crippen LogP contribution is -2.28. The number of anilines is 1. The van der Waals surface area contributed by atoms with Crippen LogP contribution in [0.4, 0.5) is 19.0 Å². The number of rotatable bonds is 3. The fraction of sp³-hybridized carbons (Fsp3) is 0.267. The van der Waals surface area contributed by atoms with Gasteiger partial charge in [0.15, 0.2) is 0 Å². The van der Waals surface area contributed by atoms with Gasteiger partial charge in [0.1, 0.15) is 5.82 Å². The topological polar surface area (TPSA) is 59.8 Å². The lowest BCUT2D eigenvalue weighted by molar-refractivity contribution is -0.137. The molecule has 3 rings (SSSR count). The van der Waals surface area contributed by atoms with Crippen LogP contribution in [-0.4, -0.2) is 21.6 Å². The first-order valence-corrected chi connectivity index (χ1v) is 7.96. The van der Waals surface area contributed by atoms with Crippen LogP contribution >= 0.6 is 11.3 Å². The molecule has 0 spiro atoms. The van der Waals surface area contributed by atoms with Crippen LogP contribution in [0.3, 0.4) is 0 Å². The zero-order valence-electron chi connectivity index (χ0n) is 12.8. The van der Waals surface area contributed by atoms with Crippen LogP contribution in [0.5, 0.6) is 0 Å². The van der Waals surface area contributed by atoms with Crippen molar-refractivity contribution >= 4 is 28.1 Å². The van der Waals surface area contributed by atoms with E-state index in [-0.39, 0.29) is 11.3 Å². The third kappa shape index (κ3) is 2.75. The average Bonchev–Trinajstić information content (AvgIpc) is 3.06. The third-order valence-electron chi connectivity index (χ3n) is 3.76. The summed E-state index contributed by atoms with van der Waals surface area (Å²) in [5.41, 5.74) is 0.915. The Hall–Kier alpha value is -2.42. The van der Waals surface area contributed by atoms with Crippen molar-refractivity contribution in [3.05, 3.63) is 50.8 Å². The minimum absolute atomic E-state index is 0.162. The Balaban J connectivity index is 2.34. The predicted molar refractivity (Wildman–Crippen MR) is 86.5 cm³/mol. The van der Waals surface area contributed by atoms with Crippen molar-refractivity contribution in [3.63, 3.8) is 0 Å². The second-order valence-corrected chi connectivity index (χ2v) is 5.90. The number of thiazole rings is 1. The summed E-state index contributed by atoms with van der Waals surface area (Å²) in [5, 5.41) is 4.94. The van der Waals surface area contributed by atoms with Crippen molar-refractivity contribution in [1.29, 1.82) is 0 Å². The van der Waals surface area contributed by atoms with E-state index in [0.29, 0.717) is 11.1 Å². The number of aromatic nitrogens is 3. The summed E-state index contributed by atoms with van der Waals surface area (Å²) in [6, 6.07) is 2.74. The van der Waals surface area contributed by atoms with Crippen LogP contribution in [0, 0.1) is 0 Å². The predicted octanol–water partition coefficient (Wildman–Crippen LogP) is 3.52. The first kappa shape index (κ1) is 16.4. The molecule has 0 radical (unpaired) electrons. The molecule has 24 heavy (non-hydrogen) atoms. The van der Waals surface area contributed by atoms with E-state index in [1.54, 1.807) is 24.9 Å². The van der Waals surface area contributed by atoms with Gasteiger partial charge in [0.2, 0.25) is 0 Å². The number of hydrogen-bond donors (Lipinski definition) is 1. The minimum atomic E-state index is -4.50. The molecule has 1 aromatic carbocycles. The molecule has 0 fully saturated rings. The summed E-state index contributed by atoms with van der Waals surface area (Å²) in [5.74, 6) is 0.241. The van der Waals surface area contributed by atoms with Crippen LogP contribution < -0.4 is 11.0 Å². The highest BCUT2D eigenvalue weighted by molar-refractivity contribution is 7.07. The number of benzene rings is 1. The molecule has 1 atom stereocenters. The summed E-state index contributed by atoms with van der Waals surface area (Å²) >= 11 is 1.35. The maximum atomic E-state index is 13.1. The number of alkyl halides is 3. The van der Waals surface area contributed by atoms with Gasteiger partial charge >= 0.3 is 11.9 Å². The van der Waals surface area contributed by atoms with E-state index in [2.05, 4.69) is 15.3 Å². The van der Waals surface area contributed by atoms with E-state index in [9.17, 15) is 18.0 Å². The lowest BCUT2D eigenvalue weighted by atomic mass is 10.1. The molecular formula is C15H13F3N4OS. The van der Waals surface area contributed by atoms with E-state index in [4.69, 9.17) is 0 Å². The molecule has 2 heterocycles. The maximum absolute atomic E-state index is 13.1.